The van der Waals surface area contributed by atoms with Crippen molar-refractivity contribution in [3.05, 3.63) is 53.6 Å². The van der Waals surface area contributed by atoms with Crippen LogP contribution in [0.1, 0.15) is 52.7 Å². The van der Waals surface area contributed by atoms with Crippen molar-refractivity contribution in [3.8, 4) is 16.9 Å². The van der Waals surface area contributed by atoms with Crippen molar-refractivity contribution in [1.29, 1.82) is 0 Å². The van der Waals surface area contributed by atoms with Crippen LogP contribution in [0.3, 0.4) is 0 Å². The third-order valence-corrected chi connectivity index (χ3v) is 3.90. The molecule has 0 unspecified atom stereocenters. The van der Waals surface area contributed by atoms with Gasteiger partial charge in [-0.15, -0.1) is 0 Å². The van der Waals surface area contributed by atoms with Crippen LogP contribution < -0.4 is 0 Å². The van der Waals surface area contributed by atoms with E-state index in [1.807, 2.05) is 6.07 Å². The highest BCUT2D eigenvalue weighted by Gasteiger charge is 2.18. The molecule has 0 saturated carbocycles. The third kappa shape index (κ3) is 3.47. The molecule has 112 valence electrons. The average Bonchev–Trinajstić information content (AvgIpc) is 2.37. The number of phenolic OH excluding ortho intramolecular Hbond substituents is 1. The van der Waals surface area contributed by atoms with Crippen LogP contribution in [0, 0.1) is 0 Å². The van der Waals surface area contributed by atoms with E-state index < -0.39 is 0 Å². The topological polar surface area (TPSA) is 20.2 Å². The maximum atomic E-state index is 10.2. The van der Waals surface area contributed by atoms with Gasteiger partial charge in [0.2, 0.25) is 0 Å². The molecule has 2 aromatic rings. The van der Waals surface area contributed by atoms with Gasteiger partial charge in [-0.05, 0) is 39.7 Å². The average molecular weight is 282 g/mol. The molecule has 0 heterocycles. The Balaban J connectivity index is 2.57. The predicted molar refractivity (Wildman–Crippen MR) is 90.9 cm³/mol. The molecule has 1 heteroatoms. The van der Waals surface area contributed by atoms with Gasteiger partial charge in [0.05, 0.1) is 0 Å². The van der Waals surface area contributed by atoms with Gasteiger partial charge < -0.3 is 5.11 Å². The fourth-order valence-corrected chi connectivity index (χ4v) is 2.39. The smallest absolute Gasteiger partial charge is 0.123 e. The largest absolute Gasteiger partial charge is 0.507 e. The minimum atomic E-state index is 0.0735. The summed E-state index contributed by atoms with van der Waals surface area (Å²) in [5.41, 5.74) is 4.67. The highest BCUT2D eigenvalue weighted by molar-refractivity contribution is 5.72. The summed E-state index contributed by atoms with van der Waals surface area (Å²) in [7, 11) is 0. The molecule has 0 aliphatic heterocycles. The molecule has 0 amide bonds. The van der Waals surface area contributed by atoms with E-state index in [9.17, 15) is 5.11 Å². The van der Waals surface area contributed by atoms with Crippen molar-refractivity contribution in [2.24, 2.45) is 0 Å². The molecule has 1 nitrogen and oxygen atoms in total. The molecule has 0 aromatic heterocycles. The molecule has 2 rings (SSSR count). The second-order valence-electron chi connectivity index (χ2n) is 7.81. The molecule has 0 aliphatic carbocycles. The SMILES string of the molecule is CC(C)(C)c1cccc(-c2cc(C(C)(C)C)ccc2O)c1. The molecular weight excluding hydrogens is 256 g/mol. The molecule has 0 spiro atoms. The van der Waals surface area contributed by atoms with E-state index in [1.54, 1.807) is 6.07 Å². The van der Waals surface area contributed by atoms with Crippen LogP contribution in [0.15, 0.2) is 42.5 Å². The first-order valence-corrected chi connectivity index (χ1v) is 7.53. The second-order valence-corrected chi connectivity index (χ2v) is 7.81. The van der Waals surface area contributed by atoms with Crippen LogP contribution in [0.4, 0.5) is 0 Å². The number of hydrogen-bond donors (Lipinski definition) is 1. The maximum Gasteiger partial charge on any atom is 0.123 e. The Labute approximate surface area is 128 Å². The summed E-state index contributed by atoms with van der Waals surface area (Å²) in [6.45, 7) is 13.2. The summed E-state index contributed by atoms with van der Waals surface area (Å²) in [5, 5.41) is 10.2. The van der Waals surface area contributed by atoms with Gasteiger partial charge in [0, 0.05) is 5.56 Å². The summed E-state index contributed by atoms with van der Waals surface area (Å²) in [4.78, 5) is 0. The number of aromatic hydroxyl groups is 1. The quantitative estimate of drug-likeness (QED) is 0.716. The summed E-state index contributed by atoms with van der Waals surface area (Å²) >= 11 is 0. The maximum absolute atomic E-state index is 10.2. The predicted octanol–water partition coefficient (Wildman–Crippen LogP) is 5.65. The highest BCUT2D eigenvalue weighted by Crippen LogP contribution is 2.35. The number of benzene rings is 2. The van der Waals surface area contributed by atoms with Gasteiger partial charge >= 0.3 is 0 Å². The molecule has 2 aromatic carbocycles. The van der Waals surface area contributed by atoms with Gasteiger partial charge in [0.15, 0.2) is 0 Å². The molecular formula is C20H26O. The van der Waals surface area contributed by atoms with E-state index in [0.29, 0.717) is 5.75 Å². The van der Waals surface area contributed by atoms with E-state index >= 15 is 0 Å². The van der Waals surface area contributed by atoms with Crippen molar-refractivity contribution in [3.63, 3.8) is 0 Å². The Kier molecular flexibility index (Phi) is 3.88. The van der Waals surface area contributed by atoms with Gasteiger partial charge in [-0.3, -0.25) is 0 Å². The minimum Gasteiger partial charge on any atom is -0.507 e. The van der Waals surface area contributed by atoms with Gasteiger partial charge in [-0.25, -0.2) is 0 Å². The summed E-state index contributed by atoms with van der Waals surface area (Å²) in [6, 6.07) is 14.4. The fourth-order valence-electron chi connectivity index (χ4n) is 2.39. The molecule has 0 bridgehead atoms. The van der Waals surface area contributed by atoms with Gasteiger partial charge in [0.25, 0.3) is 0 Å². The van der Waals surface area contributed by atoms with Crippen molar-refractivity contribution in [2.75, 3.05) is 0 Å². The van der Waals surface area contributed by atoms with E-state index in [1.165, 1.54) is 11.1 Å². The lowest BCUT2D eigenvalue weighted by atomic mass is 9.83. The molecule has 0 radical (unpaired) electrons. The van der Waals surface area contributed by atoms with Crippen LogP contribution in [0.5, 0.6) is 5.75 Å². The first-order valence-electron chi connectivity index (χ1n) is 7.53. The Morgan fingerprint density at radius 2 is 1.29 bits per heavy atom. The molecule has 1 N–H and O–H groups in total. The lowest BCUT2D eigenvalue weighted by Gasteiger charge is -2.22. The van der Waals surface area contributed by atoms with E-state index in [0.717, 1.165) is 11.1 Å². The molecule has 21 heavy (non-hydrogen) atoms. The van der Waals surface area contributed by atoms with Gasteiger partial charge in [-0.1, -0.05) is 71.9 Å². The van der Waals surface area contributed by atoms with Crippen LogP contribution in [-0.4, -0.2) is 5.11 Å². The van der Waals surface area contributed by atoms with Crippen molar-refractivity contribution < 1.29 is 5.11 Å². The van der Waals surface area contributed by atoms with Gasteiger partial charge in [0.1, 0.15) is 5.75 Å². The standard InChI is InChI=1S/C20H26O/c1-19(2,3)15-9-7-8-14(12-15)17-13-16(20(4,5)6)10-11-18(17)21/h7-13,21H,1-6H3. The van der Waals surface area contributed by atoms with Crippen molar-refractivity contribution >= 4 is 0 Å². The van der Waals surface area contributed by atoms with Crippen molar-refractivity contribution in [2.45, 2.75) is 52.4 Å². The number of hydrogen-bond acceptors (Lipinski definition) is 1. The zero-order valence-corrected chi connectivity index (χ0v) is 14.0. The molecule has 0 fully saturated rings. The normalized spacial score (nSPS) is 12.5. The highest BCUT2D eigenvalue weighted by atomic mass is 16.3. The summed E-state index contributed by atoms with van der Waals surface area (Å²) in [5.74, 6) is 0.342. The zero-order valence-electron chi connectivity index (χ0n) is 14.0. The third-order valence-electron chi connectivity index (χ3n) is 3.90. The second kappa shape index (κ2) is 5.22. The molecule has 0 saturated heterocycles. The van der Waals surface area contributed by atoms with Crippen molar-refractivity contribution in [1.82, 2.24) is 0 Å². The minimum absolute atomic E-state index is 0.0735. The Bertz CT molecular complexity index is 640. The molecule has 0 atom stereocenters. The molecule has 0 aliphatic rings. The lowest BCUT2D eigenvalue weighted by Crippen LogP contribution is -2.11. The lowest BCUT2D eigenvalue weighted by molar-refractivity contribution is 0.476. The number of phenols is 1. The summed E-state index contributed by atoms with van der Waals surface area (Å²) in [6.07, 6.45) is 0. The Hall–Kier alpha value is -1.76. The fraction of sp³-hybridized carbons (Fsp3) is 0.400. The monoisotopic (exact) mass is 282 g/mol. The Morgan fingerprint density at radius 3 is 1.86 bits per heavy atom. The zero-order chi connectivity index (χ0) is 15.8. The Morgan fingerprint density at radius 1 is 0.714 bits per heavy atom. The van der Waals surface area contributed by atoms with E-state index in [2.05, 4.69) is 71.9 Å². The van der Waals surface area contributed by atoms with E-state index in [4.69, 9.17) is 0 Å². The van der Waals surface area contributed by atoms with Crippen LogP contribution in [0.25, 0.3) is 11.1 Å². The number of rotatable bonds is 1. The van der Waals surface area contributed by atoms with Gasteiger partial charge in [-0.2, -0.15) is 0 Å². The van der Waals surface area contributed by atoms with Crippen LogP contribution >= 0.6 is 0 Å². The first-order chi connectivity index (χ1) is 9.59. The van der Waals surface area contributed by atoms with Crippen LogP contribution in [-0.2, 0) is 10.8 Å². The summed E-state index contributed by atoms with van der Waals surface area (Å²) < 4.78 is 0. The first kappa shape index (κ1) is 15.6. The van der Waals surface area contributed by atoms with E-state index in [-0.39, 0.29) is 10.8 Å². The van der Waals surface area contributed by atoms with Crippen LogP contribution in [0.2, 0.25) is 0 Å².